The second-order valence-electron chi connectivity index (χ2n) is 6.71. The van der Waals surface area contributed by atoms with E-state index in [1.54, 1.807) is 0 Å². The lowest BCUT2D eigenvalue weighted by atomic mass is 9.82. The second kappa shape index (κ2) is 7.94. The van der Waals surface area contributed by atoms with Crippen molar-refractivity contribution in [3.63, 3.8) is 0 Å². The predicted octanol–water partition coefficient (Wildman–Crippen LogP) is 3.09. The van der Waals surface area contributed by atoms with Crippen LogP contribution in [0.2, 0.25) is 0 Å². The van der Waals surface area contributed by atoms with Crippen LogP contribution in [0, 0.1) is 17.3 Å². The number of methoxy groups -OCH3 is 1. The molecule has 0 aliphatic rings. The molecule has 130 valence electrons. The summed E-state index contributed by atoms with van der Waals surface area (Å²) in [4.78, 5) is 23.7. The largest absolute Gasteiger partial charge is 0.469 e. The zero-order valence-electron chi connectivity index (χ0n) is 13.8. The molecule has 7 heteroatoms. The zero-order chi connectivity index (χ0) is 17.7. The average molecular weight is 325 g/mol. The number of hydrogen-bond donors (Lipinski definition) is 1. The standard InChI is InChI=1S/C15H26F3NO3/c1-9(2)6-10(13(21)22-5)7-12(20)11(19)8-14(3,4)15(16,17)18/h9-11H,6-8,19H2,1-5H3/t10-,11+/m1/s1. The molecule has 0 amide bonds. The molecule has 0 fully saturated rings. The first-order valence-corrected chi connectivity index (χ1v) is 7.24. The van der Waals surface area contributed by atoms with Crippen molar-refractivity contribution in [3.05, 3.63) is 0 Å². The fourth-order valence-electron chi connectivity index (χ4n) is 2.17. The minimum Gasteiger partial charge on any atom is -0.469 e. The number of carbonyl (C=O) groups excluding carboxylic acids is 2. The number of halogens is 3. The van der Waals surface area contributed by atoms with Crippen molar-refractivity contribution in [2.75, 3.05) is 7.11 Å². The first-order chi connectivity index (χ1) is 9.81. The highest BCUT2D eigenvalue weighted by Crippen LogP contribution is 2.41. The third kappa shape index (κ3) is 6.34. The van der Waals surface area contributed by atoms with Crippen molar-refractivity contribution in [1.82, 2.24) is 0 Å². The van der Waals surface area contributed by atoms with Crippen molar-refractivity contribution in [1.29, 1.82) is 0 Å². The van der Waals surface area contributed by atoms with E-state index in [4.69, 9.17) is 5.73 Å². The van der Waals surface area contributed by atoms with Crippen molar-refractivity contribution in [2.45, 2.75) is 59.2 Å². The molecular weight excluding hydrogens is 299 g/mol. The quantitative estimate of drug-likeness (QED) is 0.696. The van der Waals surface area contributed by atoms with E-state index in [9.17, 15) is 22.8 Å². The van der Waals surface area contributed by atoms with Gasteiger partial charge in [-0.3, -0.25) is 9.59 Å². The number of alkyl halides is 3. The maximum absolute atomic E-state index is 12.8. The molecule has 2 atom stereocenters. The van der Waals surface area contributed by atoms with Gasteiger partial charge in [0.05, 0.1) is 24.5 Å². The maximum atomic E-state index is 12.8. The second-order valence-corrected chi connectivity index (χ2v) is 6.71. The van der Waals surface area contributed by atoms with Gasteiger partial charge in [-0.1, -0.05) is 27.7 Å². The van der Waals surface area contributed by atoms with E-state index in [-0.39, 0.29) is 12.3 Å². The highest BCUT2D eigenvalue weighted by Gasteiger charge is 2.48. The third-order valence-corrected chi connectivity index (χ3v) is 3.65. The van der Waals surface area contributed by atoms with Crippen LogP contribution in [0.1, 0.15) is 47.0 Å². The molecule has 0 spiro atoms. The van der Waals surface area contributed by atoms with E-state index < -0.39 is 41.7 Å². The molecule has 0 saturated heterocycles. The van der Waals surface area contributed by atoms with Gasteiger partial charge in [0, 0.05) is 6.42 Å². The number of rotatable bonds is 8. The van der Waals surface area contributed by atoms with Crippen LogP contribution in [0.15, 0.2) is 0 Å². The number of esters is 1. The van der Waals surface area contributed by atoms with Crippen LogP contribution in [-0.2, 0) is 14.3 Å². The lowest BCUT2D eigenvalue weighted by molar-refractivity contribution is -0.214. The Balaban J connectivity index is 4.84. The van der Waals surface area contributed by atoms with Crippen molar-refractivity contribution in [3.8, 4) is 0 Å². The van der Waals surface area contributed by atoms with E-state index in [0.717, 1.165) is 13.8 Å². The number of hydrogen-bond acceptors (Lipinski definition) is 4. The minimum absolute atomic E-state index is 0.153. The Kier molecular flexibility index (Phi) is 7.54. The van der Waals surface area contributed by atoms with Gasteiger partial charge in [-0.25, -0.2) is 0 Å². The van der Waals surface area contributed by atoms with Gasteiger partial charge < -0.3 is 10.5 Å². The SMILES string of the molecule is COC(=O)[C@@H](CC(=O)[C@@H](N)CC(C)(C)C(F)(F)F)CC(C)C. The number of nitrogens with two attached hydrogens (primary N) is 1. The molecule has 0 aromatic heterocycles. The normalized spacial score (nSPS) is 15.5. The summed E-state index contributed by atoms with van der Waals surface area (Å²) in [5.41, 5.74) is 3.56. The molecule has 0 heterocycles. The van der Waals surface area contributed by atoms with Crippen LogP contribution in [0.3, 0.4) is 0 Å². The first kappa shape index (κ1) is 20.9. The monoisotopic (exact) mass is 325 g/mol. The van der Waals surface area contributed by atoms with Crippen LogP contribution < -0.4 is 5.73 Å². The van der Waals surface area contributed by atoms with Gasteiger partial charge >= 0.3 is 12.1 Å². The van der Waals surface area contributed by atoms with Crippen LogP contribution in [0.25, 0.3) is 0 Å². The topological polar surface area (TPSA) is 69.4 Å². The van der Waals surface area contributed by atoms with E-state index >= 15 is 0 Å². The Hall–Kier alpha value is -1.11. The smallest absolute Gasteiger partial charge is 0.394 e. The summed E-state index contributed by atoms with van der Waals surface area (Å²) < 4.78 is 43.1. The molecule has 4 nitrogen and oxygen atoms in total. The lowest BCUT2D eigenvalue weighted by Crippen LogP contribution is -2.42. The molecule has 0 unspecified atom stereocenters. The Morgan fingerprint density at radius 3 is 2.05 bits per heavy atom. The Labute approximate surface area is 129 Å². The Morgan fingerprint density at radius 2 is 1.68 bits per heavy atom. The van der Waals surface area contributed by atoms with Crippen LogP contribution in [0.5, 0.6) is 0 Å². The summed E-state index contributed by atoms with van der Waals surface area (Å²) in [5.74, 6) is -1.60. The van der Waals surface area contributed by atoms with Gasteiger partial charge in [0.25, 0.3) is 0 Å². The molecule has 2 N–H and O–H groups in total. The van der Waals surface area contributed by atoms with Gasteiger partial charge in [-0.15, -0.1) is 0 Å². The number of carbonyl (C=O) groups is 2. The molecular formula is C15H26F3NO3. The number of ether oxygens (including phenoxy) is 1. The van der Waals surface area contributed by atoms with Crippen molar-refractivity contribution >= 4 is 11.8 Å². The lowest BCUT2D eigenvalue weighted by Gasteiger charge is -2.30. The van der Waals surface area contributed by atoms with Crippen LogP contribution >= 0.6 is 0 Å². The molecule has 0 bridgehead atoms. The molecule has 0 aromatic carbocycles. The predicted molar refractivity (Wildman–Crippen MR) is 77.0 cm³/mol. The zero-order valence-corrected chi connectivity index (χ0v) is 13.8. The van der Waals surface area contributed by atoms with Gasteiger partial charge in [0.2, 0.25) is 0 Å². The van der Waals surface area contributed by atoms with Gasteiger partial charge in [0.15, 0.2) is 0 Å². The summed E-state index contributed by atoms with van der Waals surface area (Å²) in [7, 11) is 1.22. The fourth-order valence-corrected chi connectivity index (χ4v) is 2.17. The van der Waals surface area contributed by atoms with Crippen molar-refractivity contribution < 1.29 is 27.5 Å². The van der Waals surface area contributed by atoms with Gasteiger partial charge in [-0.05, 0) is 18.8 Å². The minimum atomic E-state index is -4.44. The third-order valence-electron chi connectivity index (χ3n) is 3.65. The highest BCUT2D eigenvalue weighted by molar-refractivity contribution is 5.88. The fraction of sp³-hybridized carbons (Fsp3) is 0.867. The molecule has 0 radical (unpaired) electrons. The highest BCUT2D eigenvalue weighted by atomic mass is 19.4. The number of ketones is 1. The van der Waals surface area contributed by atoms with Gasteiger partial charge in [-0.2, -0.15) is 13.2 Å². The molecule has 0 saturated carbocycles. The summed E-state index contributed by atoms with van der Waals surface area (Å²) >= 11 is 0. The van der Waals surface area contributed by atoms with E-state index in [1.807, 2.05) is 13.8 Å². The van der Waals surface area contributed by atoms with Crippen LogP contribution in [-0.4, -0.2) is 31.1 Å². The molecule has 22 heavy (non-hydrogen) atoms. The van der Waals surface area contributed by atoms with Gasteiger partial charge in [0.1, 0.15) is 5.78 Å². The summed E-state index contributed by atoms with van der Waals surface area (Å²) in [6.07, 6.45) is -4.72. The Bertz CT molecular complexity index is 392. The van der Waals surface area contributed by atoms with E-state index in [2.05, 4.69) is 4.74 Å². The summed E-state index contributed by atoms with van der Waals surface area (Å²) in [5, 5.41) is 0. The maximum Gasteiger partial charge on any atom is 0.394 e. The summed E-state index contributed by atoms with van der Waals surface area (Å²) in [6.45, 7) is 5.78. The molecule has 0 aliphatic carbocycles. The molecule has 0 rings (SSSR count). The van der Waals surface area contributed by atoms with Crippen LogP contribution in [0.4, 0.5) is 13.2 Å². The molecule has 0 aromatic rings. The average Bonchev–Trinajstić information content (AvgIpc) is 2.34. The van der Waals surface area contributed by atoms with E-state index in [1.165, 1.54) is 7.11 Å². The number of Topliss-reactive ketones (excluding diaryl/α,β-unsaturated/α-hetero) is 1. The Morgan fingerprint density at radius 1 is 1.18 bits per heavy atom. The first-order valence-electron chi connectivity index (χ1n) is 7.24. The molecule has 0 aliphatic heterocycles. The summed E-state index contributed by atoms with van der Waals surface area (Å²) in [6, 6.07) is -1.25. The van der Waals surface area contributed by atoms with Crippen molar-refractivity contribution in [2.24, 2.45) is 23.0 Å². The van der Waals surface area contributed by atoms with E-state index in [0.29, 0.717) is 6.42 Å².